The Bertz CT molecular complexity index is 1090. The minimum atomic E-state index is -0.214. The number of nitrogens with one attached hydrogen (secondary N) is 1. The molecule has 6 heteroatoms. The third-order valence-corrected chi connectivity index (χ3v) is 4.34. The molecule has 0 radical (unpaired) electrons. The molecule has 6 nitrogen and oxygen atoms in total. The Morgan fingerprint density at radius 2 is 1.86 bits per heavy atom. The van der Waals surface area contributed by atoms with Gasteiger partial charge >= 0.3 is 0 Å². The van der Waals surface area contributed by atoms with Gasteiger partial charge in [0.05, 0.1) is 24.9 Å². The van der Waals surface area contributed by atoms with E-state index in [9.17, 15) is 4.79 Å². The number of anilines is 1. The molecule has 4 rings (SSSR count). The molecule has 0 aliphatic rings. The minimum absolute atomic E-state index is 0.214. The Labute approximate surface area is 162 Å². The predicted octanol–water partition coefficient (Wildman–Crippen LogP) is 4.13. The normalized spacial score (nSPS) is 10.8. The van der Waals surface area contributed by atoms with Crippen LogP contribution < -0.4 is 10.1 Å². The molecule has 0 saturated carbocycles. The van der Waals surface area contributed by atoms with Gasteiger partial charge in [-0.1, -0.05) is 30.3 Å². The van der Waals surface area contributed by atoms with Gasteiger partial charge in [0.2, 0.25) is 0 Å². The highest BCUT2D eigenvalue weighted by Crippen LogP contribution is 2.18. The lowest BCUT2D eigenvalue weighted by Crippen LogP contribution is -2.12. The summed E-state index contributed by atoms with van der Waals surface area (Å²) in [6.07, 6.45) is 3.31. The number of hydrogen-bond donors (Lipinski definition) is 1. The van der Waals surface area contributed by atoms with Crippen LogP contribution in [0.4, 0.5) is 5.69 Å². The van der Waals surface area contributed by atoms with Crippen LogP contribution >= 0.6 is 0 Å². The van der Waals surface area contributed by atoms with E-state index in [1.807, 2.05) is 66.2 Å². The van der Waals surface area contributed by atoms with E-state index in [4.69, 9.17) is 4.74 Å². The number of fused-ring (bicyclic) bond motifs is 1. The van der Waals surface area contributed by atoms with Crippen molar-refractivity contribution < 1.29 is 9.53 Å². The van der Waals surface area contributed by atoms with Gasteiger partial charge in [0.15, 0.2) is 5.65 Å². The van der Waals surface area contributed by atoms with Crippen LogP contribution in [0.1, 0.15) is 22.8 Å². The van der Waals surface area contributed by atoms with Gasteiger partial charge in [-0.05, 0) is 42.8 Å². The number of ether oxygens (including phenoxy) is 1. The second kappa shape index (κ2) is 7.92. The van der Waals surface area contributed by atoms with Crippen LogP contribution in [0.3, 0.4) is 0 Å². The first-order valence-corrected chi connectivity index (χ1v) is 9.12. The standard InChI is InChI=1S/C22H20N4O2/c1-2-28-20-10-8-19(9-11-20)25-22(27)18-12-17-14-24-26(21(17)23-13-18)15-16-6-4-3-5-7-16/h3-14H,2,15H2,1H3,(H,25,27). The van der Waals surface area contributed by atoms with Gasteiger partial charge in [-0.25, -0.2) is 9.67 Å². The van der Waals surface area contributed by atoms with E-state index in [1.54, 1.807) is 18.5 Å². The zero-order valence-corrected chi connectivity index (χ0v) is 15.5. The van der Waals surface area contributed by atoms with Crippen molar-refractivity contribution in [3.8, 4) is 5.75 Å². The highest BCUT2D eigenvalue weighted by atomic mass is 16.5. The van der Waals surface area contributed by atoms with Crippen LogP contribution in [-0.4, -0.2) is 27.3 Å². The number of rotatable bonds is 6. The summed E-state index contributed by atoms with van der Waals surface area (Å²) in [5, 5.41) is 8.12. The fourth-order valence-corrected chi connectivity index (χ4v) is 2.97. The first-order chi connectivity index (χ1) is 13.7. The molecule has 0 aliphatic carbocycles. The number of carbonyl (C=O) groups is 1. The molecule has 1 amide bonds. The SMILES string of the molecule is CCOc1ccc(NC(=O)c2cnc3c(cnn3Cc3ccccc3)c2)cc1. The zero-order valence-electron chi connectivity index (χ0n) is 15.5. The molecule has 1 N–H and O–H groups in total. The summed E-state index contributed by atoms with van der Waals surface area (Å²) in [6.45, 7) is 3.17. The molecule has 0 bridgehead atoms. The summed E-state index contributed by atoms with van der Waals surface area (Å²) < 4.78 is 7.24. The van der Waals surface area contributed by atoms with Crippen LogP contribution in [0, 0.1) is 0 Å². The second-order valence-electron chi connectivity index (χ2n) is 6.34. The van der Waals surface area contributed by atoms with Gasteiger partial charge in [-0.3, -0.25) is 4.79 Å². The number of pyridine rings is 1. The molecule has 0 aliphatic heterocycles. The molecule has 140 valence electrons. The van der Waals surface area contributed by atoms with E-state index in [0.717, 1.165) is 22.3 Å². The number of carbonyl (C=O) groups excluding carboxylic acids is 1. The molecule has 0 atom stereocenters. The molecule has 28 heavy (non-hydrogen) atoms. The van der Waals surface area contributed by atoms with Crippen LogP contribution in [0.15, 0.2) is 73.1 Å². The quantitative estimate of drug-likeness (QED) is 0.552. The lowest BCUT2D eigenvalue weighted by molar-refractivity contribution is 0.102. The van der Waals surface area contributed by atoms with Crippen molar-refractivity contribution in [2.45, 2.75) is 13.5 Å². The van der Waals surface area contributed by atoms with Gasteiger partial charge in [0.25, 0.3) is 5.91 Å². The smallest absolute Gasteiger partial charge is 0.257 e. The first-order valence-electron chi connectivity index (χ1n) is 9.12. The Morgan fingerprint density at radius 3 is 2.61 bits per heavy atom. The number of aromatic nitrogens is 3. The molecule has 2 aromatic carbocycles. The predicted molar refractivity (Wildman–Crippen MR) is 109 cm³/mol. The van der Waals surface area contributed by atoms with Crippen molar-refractivity contribution >= 4 is 22.6 Å². The Morgan fingerprint density at radius 1 is 1.07 bits per heavy atom. The molecule has 4 aromatic rings. The van der Waals surface area contributed by atoms with E-state index in [2.05, 4.69) is 15.4 Å². The van der Waals surface area contributed by atoms with Crippen molar-refractivity contribution in [1.29, 1.82) is 0 Å². The first kappa shape index (κ1) is 17.7. The third-order valence-electron chi connectivity index (χ3n) is 4.34. The maximum atomic E-state index is 12.6. The maximum Gasteiger partial charge on any atom is 0.257 e. The summed E-state index contributed by atoms with van der Waals surface area (Å²) in [5.41, 5.74) is 3.09. The van der Waals surface area contributed by atoms with Gasteiger partial charge < -0.3 is 10.1 Å². The van der Waals surface area contributed by atoms with Gasteiger partial charge in [0, 0.05) is 17.3 Å². The van der Waals surface area contributed by atoms with Gasteiger partial charge in [-0.15, -0.1) is 0 Å². The zero-order chi connectivity index (χ0) is 19.3. The molecule has 0 spiro atoms. The fraction of sp³-hybridized carbons (Fsp3) is 0.136. The summed E-state index contributed by atoms with van der Waals surface area (Å²) in [7, 11) is 0. The van der Waals surface area contributed by atoms with E-state index in [-0.39, 0.29) is 5.91 Å². The average molecular weight is 372 g/mol. The largest absolute Gasteiger partial charge is 0.494 e. The van der Waals surface area contributed by atoms with Crippen LogP contribution in [0.5, 0.6) is 5.75 Å². The summed E-state index contributed by atoms with van der Waals surface area (Å²) in [6, 6.07) is 19.2. The highest BCUT2D eigenvalue weighted by Gasteiger charge is 2.11. The molecule has 0 unspecified atom stereocenters. The lowest BCUT2D eigenvalue weighted by Gasteiger charge is -2.07. The maximum absolute atomic E-state index is 12.6. The van der Waals surface area contributed by atoms with Crippen molar-refractivity contribution in [2.75, 3.05) is 11.9 Å². The van der Waals surface area contributed by atoms with E-state index >= 15 is 0 Å². The van der Waals surface area contributed by atoms with Crippen LogP contribution in [0.2, 0.25) is 0 Å². The van der Waals surface area contributed by atoms with Crippen LogP contribution in [-0.2, 0) is 6.54 Å². The Balaban J connectivity index is 1.50. The molecule has 2 heterocycles. The molecule has 0 saturated heterocycles. The summed E-state index contributed by atoms with van der Waals surface area (Å²) >= 11 is 0. The summed E-state index contributed by atoms with van der Waals surface area (Å²) in [5.74, 6) is 0.559. The van der Waals surface area contributed by atoms with Gasteiger partial charge in [-0.2, -0.15) is 5.10 Å². The van der Waals surface area contributed by atoms with Crippen molar-refractivity contribution in [3.05, 3.63) is 84.2 Å². The molecule has 2 aromatic heterocycles. The topological polar surface area (TPSA) is 69.0 Å². The lowest BCUT2D eigenvalue weighted by atomic mass is 10.2. The third kappa shape index (κ3) is 3.86. The molecular formula is C22H20N4O2. The summed E-state index contributed by atoms with van der Waals surface area (Å²) in [4.78, 5) is 17.0. The Kier molecular flexibility index (Phi) is 5.01. The van der Waals surface area contributed by atoms with Crippen molar-refractivity contribution in [2.24, 2.45) is 0 Å². The average Bonchev–Trinajstić information content (AvgIpc) is 3.12. The monoisotopic (exact) mass is 372 g/mol. The van der Waals surface area contributed by atoms with E-state index in [0.29, 0.717) is 24.4 Å². The molecular weight excluding hydrogens is 352 g/mol. The van der Waals surface area contributed by atoms with Crippen LogP contribution in [0.25, 0.3) is 11.0 Å². The number of benzene rings is 2. The highest BCUT2D eigenvalue weighted by molar-refractivity contribution is 6.05. The number of nitrogens with zero attached hydrogens (tertiary/aromatic N) is 3. The fourth-order valence-electron chi connectivity index (χ4n) is 2.97. The van der Waals surface area contributed by atoms with Crippen molar-refractivity contribution in [3.63, 3.8) is 0 Å². The van der Waals surface area contributed by atoms with Crippen molar-refractivity contribution in [1.82, 2.24) is 14.8 Å². The molecule has 0 fully saturated rings. The minimum Gasteiger partial charge on any atom is -0.494 e. The number of hydrogen-bond acceptors (Lipinski definition) is 4. The van der Waals surface area contributed by atoms with E-state index in [1.165, 1.54) is 0 Å². The van der Waals surface area contributed by atoms with Gasteiger partial charge in [0.1, 0.15) is 5.75 Å². The van der Waals surface area contributed by atoms with E-state index < -0.39 is 0 Å². The second-order valence-corrected chi connectivity index (χ2v) is 6.34. The number of amides is 1. The Hall–Kier alpha value is -3.67.